The van der Waals surface area contributed by atoms with E-state index in [9.17, 15) is 4.79 Å². The van der Waals surface area contributed by atoms with Gasteiger partial charge in [-0.25, -0.2) is 4.98 Å². The summed E-state index contributed by atoms with van der Waals surface area (Å²) >= 11 is 6.10. The molecule has 6 nitrogen and oxygen atoms in total. The summed E-state index contributed by atoms with van der Waals surface area (Å²) in [5.41, 5.74) is 1.50. The van der Waals surface area contributed by atoms with Crippen molar-refractivity contribution in [1.29, 1.82) is 0 Å². The van der Waals surface area contributed by atoms with Gasteiger partial charge in [-0.3, -0.25) is 4.79 Å². The molecule has 0 fully saturated rings. The van der Waals surface area contributed by atoms with Gasteiger partial charge in [0.1, 0.15) is 11.8 Å². The van der Waals surface area contributed by atoms with Crippen molar-refractivity contribution in [2.24, 2.45) is 0 Å². The van der Waals surface area contributed by atoms with E-state index in [1.165, 1.54) is 0 Å². The van der Waals surface area contributed by atoms with Crippen molar-refractivity contribution in [3.05, 3.63) is 35.1 Å². The number of nitrogens with zero attached hydrogens (tertiary/aromatic N) is 3. The zero-order valence-corrected chi connectivity index (χ0v) is 14.1. The number of hydrogen-bond acceptors (Lipinski definition) is 4. The monoisotopic (exact) mass is 334 g/mol. The molecule has 1 amide bonds. The number of nitrogens with one attached hydrogen (secondary N) is 1. The second-order valence-corrected chi connectivity index (χ2v) is 5.99. The van der Waals surface area contributed by atoms with E-state index in [0.29, 0.717) is 16.5 Å². The molecule has 1 aromatic heterocycles. The molecule has 2 aromatic rings. The molecule has 0 spiro atoms. The zero-order valence-electron chi connectivity index (χ0n) is 13.3. The van der Waals surface area contributed by atoms with Gasteiger partial charge in [0.05, 0.1) is 12.8 Å². The molecule has 3 rings (SSSR count). The molecule has 1 N–H and O–H groups in total. The number of methoxy groups -OCH3 is 1. The Labute approximate surface area is 140 Å². The molecule has 1 unspecified atom stereocenters. The maximum atomic E-state index is 12.6. The summed E-state index contributed by atoms with van der Waals surface area (Å²) < 4.78 is 7.34. The van der Waals surface area contributed by atoms with E-state index in [1.54, 1.807) is 19.4 Å². The number of aryl methyl sites for hydroxylation is 1. The predicted octanol–water partition coefficient (Wildman–Crippen LogP) is 2.70. The van der Waals surface area contributed by atoms with Crippen molar-refractivity contribution < 1.29 is 9.53 Å². The highest BCUT2D eigenvalue weighted by Crippen LogP contribution is 2.31. The lowest BCUT2D eigenvalue weighted by Crippen LogP contribution is -2.41. The second kappa shape index (κ2) is 6.12. The number of hydrogen-bond donors (Lipinski definition) is 1. The largest absolute Gasteiger partial charge is 0.495 e. The molecule has 0 saturated carbocycles. The number of halogens is 1. The van der Waals surface area contributed by atoms with E-state index < -0.39 is 0 Å². The Balaban J connectivity index is 1.78. The van der Waals surface area contributed by atoms with Crippen LogP contribution in [0.3, 0.4) is 0 Å². The fourth-order valence-electron chi connectivity index (χ4n) is 2.73. The highest BCUT2D eigenvalue weighted by molar-refractivity contribution is 6.31. The van der Waals surface area contributed by atoms with Crippen LogP contribution in [0, 0.1) is 6.92 Å². The molecule has 0 radical (unpaired) electrons. The van der Waals surface area contributed by atoms with Gasteiger partial charge in [0.25, 0.3) is 0 Å². The molecule has 0 bridgehead atoms. The molecule has 0 aliphatic carbocycles. The third-order valence-electron chi connectivity index (χ3n) is 4.12. The number of amides is 1. The lowest BCUT2D eigenvalue weighted by atomic mass is 10.2. The number of benzene rings is 1. The minimum atomic E-state index is -0.334. The lowest BCUT2D eigenvalue weighted by Gasteiger charge is -2.24. The smallest absolute Gasteiger partial charge is 0.247 e. The molecule has 1 aromatic carbocycles. The van der Waals surface area contributed by atoms with Crippen LogP contribution < -0.4 is 15.0 Å². The number of aromatic nitrogens is 2. The van der Waals surface area contributed by atoms with Crippen LogP contribution in [-0.4, -0.2) is 35.2 Å². The lowest BCUT2D eigenvalue weighted by molar-refractivity contribution is -0.117. The molecule has 1 aliphatic heterocycles. The fourth-order valence-corrected chi connectivity index (χ4v) is 2.88. The average Bonchev–Trinajstić information content (AvgIpc) is 3.13. The van der Waals surface area contributed by atoms with E-state index in [4.69, 9.17) is 16.3 Å². The number of imidazole rings is 1. The highest BCUT2D eigenvalue weighted by atomic mass is 35.5. The van der Waals surface area contributed by atoms with Gasteiger partial charge in [0, 0.05) is 36.6 Å². The first-order valence-corrected chi connectivity index (χ1v) is 7.82. The number of carbonyl (C=O) groups is 1. The van der Waals surface area contributed by atoms with Crippen LogP contribution in [0.25, 0.3) is 0 Å². The van der Waals surface area contributed by atoms with Gasteiger partial charge in [0.2, 0.25) is 11.9 Å². The normalized spacial score (nSPS) is 14.5. The van der Waals surface area contributed by atoms with Crippen LogP contribution in [0.1, 0.15) is 12.5 Å². The predicted molar refractivity (Wildman–Crippen MR) is 90.4 cm³/mol. The van der Waals surface area contributed by atoms with Gasteiger partial charge in [0.15, 0.2) is 0 Å². The van der Waals surface area contributed by atoms with Crippen LogP contribution in [0.4, 0.5) is 11.6 Å². The van der Waals surface area contributed by atoms with Gasteiger partial charge >= 0.3 is 0 Å². The highest BCUT2D eigenvalue weighted by Gasteiger charge is 2.29. The standard InChI is InChI=1S/C16H19ClN4O2/c1-10-8-13(14(23-3)9-12(10)17)19-15(22)11(2)21-7-6-20-5-4-18-16(20)21/h4-5,8-9,11H,6-7H2,1-3H3,(H,19,22). The third-order valence-corrected chi connectivity index (χ3v) is 4.52. The number of anilines is 2. The Bertz CT molecular complexity index is 744. The molecule has 122 valence electrons. The molecule has 7 heteroatoms. The Morgan fingerprint density at radius 3 is 2.96 bits per heavy atom. The number of fused-ring (bicyclic) bond motifs is 1. The molecule has 0 saturated heterocycles. The van der Waals surface area contributed by atoms with Crippen LogP contribution in [-0.2, 0) is 11.3 Å². The first-order chi connectivity index (χ1) is 11.0. The van der Waals surface area contributed by atoms with Crippen LogP contribution in [0.2, 0.25) is 5.02 Å². The topological polar surface area (TPSA) is 59.4 Å². The minimum Gasteiger partial charge on any atom is -0.495 e. The fraction of sp³-hybridized carbons (Fsp3) is 0.375. The van der Waals surface area contributed by atoms with E-state index in [-0.39, 0.29) is 11.9 Å². The first kappa shape index (κ1) is 15.7. The van der Waals surface area contributed by atoms with Crippen LogP contribution in [0.15, 0.2) is 24.5 Å². The quantitative estimate of drug-likeness (QED) is 0.934. The van der Waals surface area contributed by atoms with Crippen molar-refractivity contribution in [3.8, 4) is 5.75 Å². The maximum Gasteiger partial charge on any atom is 0.247 e. The third kappa shape index (κ3) is 2.86. The Hall–Kier alpha value is -2.21. The van der Waals surface area contributed by atoms with Gasteiger partial charge in [-0.1, -0.05) is 11.6 Å². The summed E-state index contributed by atoms with van der Waals surface area (Å²) in [6, 6.07) is 3.19. The summed E-state index contributed by atoms with van der Waals surface area (Å²) in [4.78, 5) is 18.9. The summed E-state index contributed by atoms with van der Waals surface area (Å²) in [5.74, 6) is 1.26. The summed E-state index contributed by atoms with van der Waals surface area (Å²) in [6.07, 6.45) is 3.67. The molecular formula is C16H19ClN4O2. The summed E-state index contributed by atoms with van der Waals surface area (Å²) in [6.45, 7) is 5.37. The minimum absolute atomic E-state index is 0.110. The molecule has 23 heavy (non-hydrogen) atoms. The van der Waals surface area contributed by atoms with E-state index in [2.05, 4.69) is 10.3 Å². The van der Waals surface area contributed by atoms with Crippen molar-refractivity contribution in [2.75, 3.05) is 23.9 Å². The van der Waals surface area contributed by atoms with Crippen molar-refractivity contribution in [3.63, 3.8) is 0 Å². The van der Waals surface area contributed by atoms with E-state index in [1.807, 2.05) is 35.6 Å². The van der Waals surface area contributed by atoms with Gasteiger partial charge < -0.3 is 19.5 Å². The van der Waals surface area contributed by atoms with E-state index in [0.717, 1.165) is 24.6 Å². The maximum absolute atomic E-state index is 12.6. The van der Waals surface area contributed by atoms with E-state index >= 15 is 0 Å². The molecule has 2 heterocycles. The Kier molecular flexibility index (Phi) is 4.17. The summed E-state index contributed by atoms with van der Waals surface area (Å²) in [5, 5.41) is 3.53. The molecule has 1 atom stereocenters. The van der Waals surface area contributed by atoms with Gasteiger partial charge in [-0.2, -0.15) is 0 Å². The number of rotatable bonds is 4. The van der Waals surface area contributed by atoms with Gasteiger partial charge in [-0.05, 0) is 25.5 Å². The first-order valence-electron chi connectivity index (χ1n) is 7.44. The van der Waals surface area contributed by atoms with Crippen molar-refractivity contribution >= 4 is 29.1 Å². The van der Waals surface area contributed by atoms with Crippen LogP contribution >= 0.6 is 11.6 Å². The number of ether oxygens (including phenoxy) is 1. The number of carbonyl (C=O) groups excluding carboxylic acids is 1. The average molecular weight is 335 g/mol. The van der Waals surface area contributed by atoms with Crippen molar-refractivity contribution in [2.45, 2.75) is 26.4 Å². The van der Waals surface area contributed by atoms with Gasteiger partial charge in [-0.15, -0.1) is 0 Å². The Morgan fingerprint density at radius 2 is 2.22 bits per heavy atom. The second-order valence-electron chi connectivity index (χ2n) is 5.58. The summed E-state index contributed by atoms with van der Waals surface area (Å²) in [7, 11) is 1.55. The van der Waals surface area contributed by atoms with Crippen molar-refractivity contribution in [1.82, 2.24) is 9.55 Å². The SMILES string of the molecule is COc1cc(Cl)c(C)cc1NC(=O)C(C)N1CCn2ccnc21. The van der Waals surface area contributed by atoms with Crippen LogP contribution in [0.5, 0.6) is 5.75 Å². The molecular weight excluding hydrogens is 316 g/mol. The Morgan fingerprint density at radius 1 is 1.43 bits per heavy atom. The molecule has 1 aliphatic rings. The zero-order chi connectivity index (χ0) is 16.6.